The number of rotatable bonds is 2. The predicted octanol–water partition coefficient (Wildman–Crippen LogP) is 4.46. The van der Waals surface area contributed by atoms with Crippen LogP contribution in [0.1, 0.15) is 28.4 Å². The maximum Gasteiger partial charge on any atom is 0.252 e. The first-order chi connectivity index (χ1) is 9.63. The second-order valence-electron chi connectivity index (χ2n) is 4.48. The molecule has 0 saturated carbocycles. The summed E-state index contributed by atoms with van der Waals surface area (Å²) in [6.45, 7) is 0. The molecule has 0 fully saturated rings. The molecule has 2 nitrogen and oxygen atoms in total. The third-order valence-corrected chi connectivity index (χ3v) is 6.06. The normalized spacial score (nSPS) is 17.6. The average molecular weight is 419 g/mol. The topological polar surface area (TPSA) is 29.1 Å². The molecule has 1 aliphatic heterocycles. The Morgan fingerprint density at radius 1 is 1.40 bits per heavy atom. The summed E-state index contributed by atoms with van der Waals surface area (Å²) in [4.78, 5) is 13.3. The fourth-order valence-corrected chi connectivity index (χ4v) is 4.62. The number of carbonyl (C=O) groups is 1. The number of amides is 1. The molecule has 6 heteroatoms. The standard InChI is InChI=1S/C14H11FINOS2/c15-9-1-2-12-10(6-9)11(3-4-19-12)17-14(18)8-5-13(16)20-7-8/h1-2,5-7,11H,3-4H2,(H,17,18). The van der Waals surface area contributed by atoms with Gasteiger partial charge in [0.05, 0.1) is 14.5 Å². The van der Waals surface area contributed by atoms with Crippen LogP contribution in [0, 0.1) is 8.70 Å². The van der Waals surface area contributed by atoms with E-state index >= 15 is 0 Å². The van der Waals surface area contributed by atoms with Gasteiger partial charge in [-0.3, -0.25) is 4.79 Å². The summed E-state index contributed by atoms with van der Waals surface area (Å²) >= 11 is 5.45. The van der Waals surface area contributed by atoms with Crippen LogP contribution in [0.25, 0.3) is 0 Å². The predicted molar refractivity (Wildman–Crippen MR) is 89.0 cm³/mol. The Hall–Kier alpha value is -0.600. The van der Waals surface area contributed by atoms with Crippen LogP contribution in [0.5, 0.6) is 0 Å². The highest BCUT2D eigenvalue weighted by Gasteiger charge is 2.23. The summed E-state index contributed by atoms with van der Waals surface area (Å²) in [7, 11) is 0. The van der Waals surface area contributed by atoms with Gasteiger partial charge >= 0.3 is 0 Å². The monoisotopic (exact) mass is 419 g/mol. The van der Waals surface area contributed by atoms with E-state index in [0.29, 0.717) is 5.56 Å². The summed E-state index contributed by atoms with van der Waals surface area (Å²) < 4.78 is 14.5. The number of thiophene rings is 1. The second kappa shape index (κ2) is 6.03. The third-order valence-electron chi connectivity index (χ3n) is 3.15. The van der Waals surface area contributed by atoms with Gasteiger partial charge in [-0.25, -0.2) is 4.39 Å². The molecule has 0 aliphatic carbocycles. The molecule has 104 valence electrons. The molecular weight excluding hydrogens is 408 g/mol. The van der Waals surface area contributed by atoms with Crippen molar-refractivity contribution in [2.75, 3.05) is 5.75 Å². The maximum absolute atomic E-state index is 13.4. The van der Waals surface area contributed by atoms with Crippen molar-refractivity contribution in [1.29, 1.82) is 0 Å². The van der Waals surface area contributed by atoms with Crippen LogP contribution in [0.3, 0.4) is 0 Å². The minimum atomic E-state index is -0.254. The molecular formula is C14H11FINOS2. The number of hydrogen-bond acceptors (Lipinski definition) is 3. The van der Waals surface area contributed by atoms with E-state index in [1.54, 1.807) is 29.2 Å². The van der Waals surface area contributed by atoms with E-state index in [1.165, 1.54) is 12.1 Å². The lowest BCUT2D eigenvalue weighted by molar-refractivity contribution is 0.0935. The summed E-state index contributed by atoms with van der Waals surface area (Å²) in [5, 5.41) is 4.86. The number of thioether (sulfide) groups is 1. The van der Waals surface area contributed by atoms with Gasteiger partial charge in [-0.2, -0.15) is 0 Å². The Balaban J connectivity index is 1.82. The minimum Gasteiger partial charge on any atom is -0.345 e. The maximum atomic E-state index is 13.4. The number of carbonyl (C=O) groups excluding carboxylic acids is 1. The van der Waals surface area contributed by atoms with Gasteiger partial charge in [0, 0.05) is 16.0 Å². The molecule has 0 radical (unpaired) electrons. The van der Waals surface area contributed by atoms with E-state index in [9.17, 15) is 9.18 Å². The van der Waals surface area contributed by atoms with E-state index in [-0.39, 0.29) is 17.8 Å². The molecule has 20 heavy (non-hydrogen) atoms. The zero-order valence-electron chi connectivity index (χ0n) is 10.4. The lowest BCUT2D eigenvalue weighted by Gasteiger charge is -2.25. The molecule has 1 aromatic carbocycles. The van der Waals surface area contributed by atoms with Crippen LogP contribution in [0.4, 0.5) is 4.39 Å². The van der Waals surface area contributed by atoms with Crippen molar-refractivity contribution in [2.24, 2.45) is 0 Å². The highest BCUT2D eigenvalue weighted by molar-refractivity contribution is 14.1. The van der Waals surface area contributed by atoms with Crippen molar-refractivity contribution in [1.82, 2.24) is 5.32 Å². The first kappa shape index (κ1) is 14.3. The molecule has 1 amide bonds. The summed E-state index contributed by atoms with van der Waals surface area (Å²) in [5.74, 6) is 0.594. The summed E-state index contributed by atoms with van der Waals surface area (Å²) in [6.07, 6.45) is 0.827. The zero-order valence-corrected chi connectivity index (χ0v) is 14.1. The van der Waals surface area contributed by atoms with Gasteiger partial charge in [-0.05, 0) is 58.8 Å². The molecule has 2 aromatic rings. The molecule has 3 rings (SSSR count). The Morgan fingerprint density at radius 2 is 2.25 bits per heavy atom. The van der Waals surface area contributed by atoms with E-state index in [0.717, 1.165) is 25.5 Å². The van der Waals surface area contributed by atoms with Gasteiger partial charge < -0.3 is 5.32 Å². The van der Waals surface area contributed by atoms with Crippen LogP contribution in [-0.2, 0) is 0 Å². The molecule has 2 heterocycles. The third kappa shape index (κ3) is 3.01. The second-order valence-corrected chi connectivity index (χ2v) is 8.43. The Labute approximate surface area is 138 Å². The molecule has 0 spiro atoms. The molecule has 1 unspecified atom stereocenters. The van der Waals surface area contributed by atoms with E-state index < -0.39 is 0 Å². The van der Waals surface area contributed by atoms with Gasteiger partial charge in [0.15, 0.2) is 0 Å². The average Bonchev–Trinajstić information content (AvgIpc) is 2.86. The number of halogens is 2. The molecule has 1 atom stereocenters. The molecule has 0 bridgehead atoms. The van der Waals surface area contributed by atoms with Crippen molar-refractivity contribution in [3.63, 3.8) is 0 Å². The van der Waals surface area contributed by atoms with Crippen molar-refractivity contribution < 1.29 is 9.18 Å². The van der Waals surface area contributed by atoms with Gasteiger partial charge in [0.1, 0.15) is 5.82 Å². The van der Waals surface area contributed by atoms with Gasteiger partial charge in [0.25, 0.3) is 5.91 Å². The van der Waals surface area contributed by atoms with Gasteiger partial charge in [0.2, 0.25) is 0 Å². The molecule has 0 saturated heterocycles. The smallest absolute Gasteiger partial charge is 0.252 e. The molecule has 1 aliphatic rings. The number of nitrogens with one attached hydrogen (secondary N) is 1. The van der Waals surface area contributed by atoms with Crippen LogP contribution < -0.4 is 5.32 Å². The lowest BCUT2D eigenvalue weighted by Crippen LogP contribution is -2.30. The van der Waals surface area contributed by atoms with Crippen LogP contribution >= 0.6 is 45.7 Å². The van der Waals surface area contributed by atoms with Gasteiger partial charge in [-0.1, -0.05) is 0 Å². The number of hydrogen-bond donors (Lipinski definition) is 1. The SMILES string of the molecule is O=C(NC1CCSc2ccc(F)cc21)c1csc(I)c1. The lowest BCUT2D eigenvalue weighted by atomic mass is 10.0. The summed E-state index contributed by atoms with van der Waals surface area (Å²) in [6, 6.07) is 6.55. The van der Waals surface area contributed by atoms with Gasteiger partial charge in [-0.15, -0.1) is 23.1 Å². The van der Waals surface area contributed by atoms with Crippen molar-refractivity contribution in [2.45, 2.75) is 17.4 Å². The molecule has 1 N–H and O–H groups in total. The first-order valence-corrected chi connectivity index (χ1v) is 9.05. The highest BCUT2D eigenvalue weighted by atomic mass is 127. The quantitative estimate of drug-likeness (QED) is 0.729. The van der Waals surface area contributed by atoms with Crippen molar-refractivity contribution in [3.05, 3.63) is 49.5 Å². The fraction of sp³-hybridized carbons (Fsp3) is 0.214. The Bertz CT molecular complexity index is 658. The minimum absolute atomic E-state index is 0.0868. The van der Waals surface area contributed by atoms with E-state index in [1.807, 2.05) is 11.4 Å². The Morgan fingerprint density at radius 3 is 3.00 bits per heavy atom. The molecule has 1 aromatic heterocycles. The number of benzene rings is 1. The summed E-state index contributed by atoms with van der Waals surface area (Å²) in [5.41, 5.74) is 1.56. The number of fused-ring (bicyclic) bond motifs is 1. The van der Waals surface area contributed by atoms with E-state index in [4.69, 9.17) is 0 Å². The van der Waals surface area contributed by atoms with Crippen LogP contribution in [-0.4, -0.2) is 11.7 Å². The zero-order chi connectivity index (χ0) is 14.1. The van der Waals surface area contributed by atoms with Crippen molar-refractivity contribution >= 4 is 51.6 Å². The fourth-order valence-electron chi connectivity index (χ4n) is 2.19. The first-order valence-electron chi connectivity index (χ1n) is 6.10. The van der Waals surface area contributed by atoms with Crippen molar-refractivity contribution in [3.8, 4) is 0 Å². The van der Waals surface area contributed by atoms with E-state index in [2.05, 4.69) is 27.9 Å². The van der Waals surface area contributed by atoms with Crippen LogP contribution in [0.15, 0.2) is 34.5 Å². The van der Waals surface area contributed by atoms with Crippen LogP contribution in [0.2, 0.25) is 0 Å². The Kier molecular flexibility index (Phi) is 4.32. The largest absolute Gasteiger partial charge is 0.345 e. The highest BCUT2D eigenvalue weighted by Crippen LogP contribution is 2.36.